The first-order valence-corrected chi connectivity index (χ1v) is 9.32. The summed E-state index contributed by atoms with van der Waals surface area (Å²) in [7, 11) is 4.70. The maximum atomic E-state index is 9.67. The van der Waals surface area contributed by atoms with Gasteiger partial charge in [0.05, 0.1) is 42.2 Å². The van der Waals surface area contributed by atoms with E-state index in [1.54, 1.807) is 33.5 Å². The van der Waals surface area contributed by atoms with Crippen LogP contribution in [-0.2, 0) is 4.74 Å². The van der Waals surface area contributed by atoms with Gasteiger partial charge in [0.2, 0.25) is 6.79 Å². The summed E-state index contributed by atoms with van der Waals surface area (Å²) in [5, 5.41) is 13.7. The van der Waals surface area contributed by atoms with E-state index in [9.17, 15) is 5.26 Å². The number of anilines is 2. The first kappa shape index (κ1) is 20.1. The van der Waals surface area contributed by atoms with Gasteiger partial charge in [-0.25, -0.2) is 0 Å². The number of ether oxygens (including phenoxy) is 5. The number of benzene rings is 2. The number of rotatable bonds is 5. The van der Waals surface area contributed by atoms with E-state index >= 15 is 0 Å². The highest BCUT2D eigenvalue weighted by Gasteiger charge is 2.23. The average Bonchev–Trinajstić information content (AvgIpc) is 3.30. The SMILES string of the molecule is COCC#Cc1ccc(Nc2c(C#N)cnc3cc(OC)c(OC)cc23)c2c1OCO2. The van der Waals surface area contributed by atoms with Crippen molar-refractivity contribution in [1.82, 2.24) is 4.98 Å². The van der Waals surface area contributed by atoms with E-state index in [0.29, 0.717) is 63.0 Å². The minimum Gasteiger partial charge on any atom is -0.493 e. The molecule has 0 saturated carbocycles. The Bertz CT molecular complexity index is 1250. The third kappa shape index (κ3) is 3.73. The molecule has 1 aromatic heterocycles. The van der Waals surface area contributed by atoms with Crippen LogP contribution in [0.5, 0.6) is 23.0 Å². The van der Waals surface area contributed by atoms with Crippen molar-refractivity contribution < 1.29 is 23.7 Å². The minimum absolute atomic E-state index is 0.0835. The zero-order valence-electron chi connectivity index (χ0n) is 17.2. The number of nitrogens with zero attached hydrogens (tertiary/aromatic N) is 2. The fraction of sp³-hybridized carbons (Fsp3) is 0.217. The summed E-state index contributed by atoms with van der Waals surface area (Å²) in [4.78, 5) is 4.38. The lowest BCUT2D eigenvalue weighted by Crippen LogP contribution is -2.00. The average molecular weight is 417 g/mol. The maximum Gasteiger partial charge on any atom is 0.231 e. The lowest BCUT2D eigenvalue weighted by atomic mass is 10.1. The fourth-order valence-electron chi connectivity index (χ4n) is 3.27. The number of nitriles is 1. The van der Waals surface area contributed by atoms with Crippen LogP contribution in [0.1, 0.15) is 11.1 Å². The van der Waals surface area contributed by atoms with Crippen molar-refractivity contribution in [2.75, 3.05) is 40.0 Å². The number of pyridine rings is 1. The van der Waals surface area contributed by atoms with Crippen molar-refractivity contribution in [2.45, 2.75) is 0 Å². The molecule has 0 aliphatic carbocycles. The Kier molecular flexibility index (Phi) is 5.65. The lowest BCUT2D eigenvalue weighted by molar-refractivity contribution is 0.174. The third-order valence-electron chi connectivity index (χ3n) is 4.71. The second-order valence-electron chi connectivity index (χ2n) is 6.47. The number of aromatic nitrogens is 1. The molecule has 1 aliphatic heterocycles. The molecule has 0 fully saturated rings. The molecular weight excluding hydrogens is 398 g/mol. The molecule has 1 N–H and O–H groups in total. The Morgan fingerprint density at radius 2 is 1.84 bits per heavy atom. The van der Waals surface area contributed by atoms with Crippen molar-refractivity contribution in [1.29, 1.82) is 5.26 Å². The first-order chi connectivity index (χ1) is 15.2. The Morgan fingerprint density at radius 3 is 2.58 bits per heavy atom. The van der Waals surface area contributed by atoms with Gasteiger partial charge < -0.3 is 29.0 Å². The first-order valence-electron chi connectivity index (χ1n) is 9.32. The highest BCUT2D eigenvalue weighted by atomic mass is 16.7. The fourth-order valence-corrected chi connectivity index (χ4v) is 3.27. The van der Waals surface area contributed by atoms with Gasteiger partial charge in [-0.3, -0.25) is 4.98 Å². The molecule has 156 valence electrons. The molecule has 2 heterocycles. The van der Waals surface area contributed by atoms with E-state index in [2.05, 4.69) is 28.2 Å². The highest BCUT2D eigenvalue weighted by Crippen LogP contribution is 2.44. The van der Waals surface area contributed by atoms with E-state index in [0.717, 1.165) is 0 Å². The van der Waals surface area contributed by atoms with E-state index in [4.69, 9.17) is 23.7 Å². The van der Waals surface area contributed by atoms with E-state index in [1.165, 1.54) is 6.20 Å². The topological polar surface area (TPSA) is 94.9 Å². The Morgan fingerprint density at radius 1 is 1.06 bits per heavy atom. The van der Waals surface area contributed by atoms with Crippen molar-refractivity contribution in [2.24, 2.45) is 0 Å². The van der Waals surface area contributed by atoms with Crippen molar-refractivity contribution in [3.05, 3.63) is 41.6 Å². The molecule has 0 atom stereocenters. The van der Waals surface area contributed by atoms with Gasteiger partial charge in [-0.15, -0.1) is 0 Å². The second kappa shape index (κ2) is 8.70. The van der Waals surface area contributed by atoms with Gasteiger partial charge in [0, 0.05) is 24.8 Å². The molecule has 4 rings (SSSR count). The van der Waals surface area contributed by atoms with Gasteiger partial charge in [-0.1, -0.05) is 11.8 Å². The van der Waals surface area contributed by atoms with Crippen LogP contribution in [0.3, 0.4) is 0 Å². The van der Waals surface area contributed by atoms with Crippen LogP contribution in [0.4, 0.5) is 11.4 Å². The quantitative estimate of drug-likeness (QED) is 0.630. The highest BCUT2D eigenvalue weighted by molar-refractivity contribution is 5.98. The van der Waals surface area contributed by atoms with E-state index < -0.39 is 0 Å². The third-order valence-corrected chi connectivity index (χ3v) is 4.71. The van der Waals surface area contributed by atoms with Gasteiger partial charge in [-0.2, -0.15) is 5.26 Å². The summed E-state index contributed by atoms with van der Waals surface area (Å²) >= 11 is 0. The standard InChI is InChI=1S/C23H19N3O5/c1-27-8-4-5-14-6-7-17(23-22(14)30-13-31-23)26-21-15(11-24)12-25-18-10-20(29-3)19(28-2)9-16(18)21/h6-7,9-10,12H,8,13H2,1-3H3,(H,25,26). The number of hydrogen-bond acceptors (Lipinski definition) is 8. The van der Waals surface area contributed by atoms with E-state index in [-0.39, 0.29) is 6.79 Å². The van der Waals surface area contributed by atoms with Crippen LogP contribution in [-0.4, -0.2) is 39.7 Å². The molecule has 8 heteroatoms. The number of hydrogen-bond donors (Lipinski definition) is 1. The number of fused-ring (bicyclic) bond motifs is 2. The van der Waals surface area contributed by atoms with Gasteiger partial charge in [-0.05, 0) is 18.2 Å². The smallest absolute Gasteiger partial charge is 0.231 e. The van der Waals surface area contributed by atoms with Crippen molar-refractivity contribution >= 4 is 22.3 Å². The zero-order chi connectivity index (χ0) is 21.8. The summed E-state index contributed by atoms with van der Waals surface area (Å²) < 4.78 is 27.1. The van der Waals surface area contributed by atoms with Gasteiger partial charge in [0.15, 0.2) is 23.0 Å². The van der Waals surface area contributed by atoms with Crippen LogP contribution in [0.15, 0.2) is 30.5 Å². The summed E-state index contributed by atoms with van der Waals surface area (Å²) in [6.07, 6.45) is 1.51. The number of methoxy groups -OCH3 is 3. The maximum absolute atomic E-state index is 9.67. The summed E-state index contributed by atoms with van der Waals surface area (Å²) in [5.41, 5.74) is 2.93. The minimum atomic E-state index is 0.0835. The molecule has 0 spiro atoms. The summed E-state index contributed by atoms with van der Waals surface area (Å²) in [6, 6.07) is 9.39. The van der Waals surface area contributed by atoms with Crippen LogP contribution >= 0.6 is 0 Å². The Balaban J connectivity index is 1.83. The zero-order valence-corrected chi connectivity index (χ0v) is 17.2. The Hall–Kier alpha value is -4.14. The lowest BCUT2D eigenvalue weighted by Gasteiger charge is -2.15. The van der Waals surface area contributed by atoms with E-state index in [1.807, 2.05) is 12.1 Å². The molecule has 1 aliphatic rings. The van der Waals surface area contributed by atoms with Gasteiger partial charge in [0.1, 0.15) is 12.7 Å². The predicted molar refractivity (Wildman–Crippen MR) is 114 cm³/mol. The molecule has 0 unspecified atom stereocenters. The van der Waals surface area contributed by atoms with Crippen LogP contribution in [0.2, 0.25) is 0 Å². The van der Waals surface area contributed by atoms with Gasteiger partial charge >= 0.3 is 0 Å². The summed E-state index contributed by atoms with van der Waals surface area (Å²) in [5.74, 6) is 8.08. The van der Waals surface area contributed by atoms with Crippen LogP contribution in [0, 0.1) is 23.2 Å². The van der Waals surface area contributed by atoms with Crippen LogP contribution < -0.4 is 24.3 Å². The molecule has 2 aromatic carbocycles. The molecule has 0 radical (unpaired) electrons. The second-order valence-corrected chi connectivity index (χ2v) is 6.47. The molecule has 0 amide bonds. The molecule has 31 heavy (non-hydrogen) atoms. The molecule has 0 saturated heterocycles. The molecule has 3 aromatic rings. The molecular formula is C23H19N3O5. The normalized spacial score (nSPS) is 11.4. The van der Waals surface area contributed by atoms with Gasteiger partial charge in [0.25, 0.3) is 0 Å². The largest absolute Gasteiger partial charge is 0.493 e. The monoisotopic (exact) mass is 417 g/mol. The Labute approximate surface area is 179 Å². The summed E-state index contributed by atoms with van der Waals surface area (Å²) in [6.45, 7) is 0.398. The molecule has 0 bridgehead atoms. The number of nitrogens with one attached hydrogen (secondary N) is 1. The van der Waals surface area contributed by atoms with Crippen molar-refractivity contribution in [3.63, 3.8) is 0 Å². The van der Waals surface area contributed by atoms with Crippen molar-refractivity contribution in [3.8, 4) is 40.9 Å². The predicted octanol–water partition coefficient (Wildman–Crippen LogP) is 3.59. The molecule has 8 nitrogen and oxygen atoms in total. The van der Waals surface area contributed by atoms with Crippen LogP contribution in [0.25, 0.3) is 10.9 Å².